The molecule has 0 unspecified atom stereocenters. The van der Waals surface area contributed by atoms with Gasteiger partial charge in [-0.2, -0.15) is 0 Å². The lowest BCUT2D eigenvalue weighted by molar-refractivity contribution is -0.138. The molecule has 0 fully saturated rings. The molecular weight excluding hydrogens is 1010 g/mol. The minimum atomic E-state index is -0.678. The smallest absolute Gasteiger partial charge is 0.343 e. The molecule has 402 valence electrons. The summed E-state index contributed by atoms with van der Waals surface area (Å²) in [5, 5.41) is 0. The summed E-state index contributed by atoms with van der Waals surface area (Å²) in [6, 6.07) is 36.0. The zero-order chi connectivity index (χ0) is 55.5. The highest BCUT2D eigenvalue weighted by Crippen LogP contribution is 2.22. The van der Waals surface area contributed by atoms with Crippen LogP contribution in [0, 0.1) is 0 Å². The summed E-state index contributed by atoms with van der Waals surface area (Å²) < 4.78 is 53.6. The van der Waals surface area contributed by atoms with Crippen LogP contribution < -0.4 is 28.4 Å². The third-order valence-corrected chi connectivity index (χ3v) is 10.8. The fraction of sp³-hybridized carbons (Fsp3) is 0.200. The zero-order valence-electron chi connectivity index (χ0n) is 42.3. The summed E-state index contributed by atoms with van der Waals surface area (Å²) >= 11 is 0. The fourth-order valence-electron chi connectivity index (χ4n) is 6.63. The molecule has 0 N–H and O–H groups in total. The van der Waals surface area contributed by atoms with Gasteiger partial charge in [-0.3, -0.25) is 0 Å². The van der Waals surface area contributed by atoms with Crippen LogP contribution in [0.3, 0.4) is 0 Å². The van der Waals surface area contributed by atoms with Gasteiger partial charge in [0.15, 0.2) is 0 Å². The van der Waals surface area contributed by atoms with E-state index in [2.05, 4.69) is 13.2 Å². The first kappa shape index (κ1) is 57.4. The lowest BCUT2D eigenvalue weighted by atomic mass is 10.2. The maximum absolute atomic E-state index is 12.8. The number of hydrogen-bond acceptors (Lipinski definition) is 18. The number of carbonyl (C=O) groups excluding carboxylic acids is 8. The average molecular weight is 1060 g/mol. The number of benzene rings is 6. The monoisotopic (exact) mass is 1060 g/mol. The Morgan fingerprint density at radius 1 is 0.269 bits per heavy atom. The van der Waals surface area contributed by atoms with Gasteiger partial charge in [-0.25, -0.2) is 38.4 Å². The first-order valence-corrected chi connectivity index (χ1v) is 24.5. The van der Waals surface area contributed by atoms with Crippen molar-refractivity contribution in [2.75, 3.05) is 39.6 Å². The molecule has 0 amide bonds. The average Bonchev–Trinajstić information content (AvgIpc) is 3.47. The molecule has 0 bridgehead atoms. The number of esters is 8. The number of unbranched alkanes of at least 4 members (excludes halogenated alkanes) is 3. The Hall–Kier alpha value is -9.84. The van der Waals surface area contributed by atoms with Crippen molar-refractivity contribution >= 4 is 47.8 Å². The molecule has 0 spiro atoms. The van der Waals surface area contributed by atoms with Gasteiger partial charge in [0, 0.05) is 12.2 Å². The van der Waals surface area contributed by atoms with Crippen LogP contribution in [0.4, 0.5) is 0 Å². The second-order valence-electron chi connectivity index (χ2n) is 16.5. The van der Waals surface area contributed by atoms with Gasteiger partial charge in [-0.05, 0) is 184 Å². The minimum absolute atomic E-state index is 0.0570. The molecule has 0 aliphatic rings. The number of ether oxygens (including phenoxy) is 10. The summed E-state index contributed by atoms with van der Waals surface area (Å²) in [7, 11) is 0. The van der Waals surface area contributed by atoms with Crippen molar-refractivity contribution in [3.63, 3.8) is 0 Å². The molecule has 0 aliphatic heterocycles. The Kier molecular flexibility index (Phi) is 22.5. The quantitative estimate of drug-likeness (QED) is 0.0140. The number of hydrogen-bond donors (Lipinski definition) is 0. The first-order chi connectivity index (χ1) is 37.9. The molecule has 0 aromatic heterocycles. The highest BCUT2D eigenvalue weighted by atomic mass is 16.6. The van der Waals surface area contributed by atoms with Crippen molar-refractivity contribution < 1.29 is 85.7 Å². The van der Waals surface area contributed by atoms with Gasteiger partial charge in [0.1, 0.15) is 34.5 Å². The van der Waals surface area contributed by atoms with Crippen molar-refractivity contribution in [3.8, 4) is 34.5 Å². The maximum atomic E-state index is 12.8. The summed E-state index contributed by atoms with van der Waals surface area (Å²) in [6.45, 7) is 8.14. The highest BCUT2D eigenvalue weighted by Gasteiger charge is 2.16. The van der Waals surface area contributed by atoms with Crippen molar-refractivity contribution in [1.29, 1.82) is 0 Å². The van der Waals surface area contributed by atoms with E-state index in [-0.39, 0.29) is 82.8 Å². The molecule has 0 aliphatic carbocycles. The van der Waals surface area contributed by atoms with Gasteiger partial charge in [-0.1, -0.05) is 13.2 Å². The van der Waals surface area contributed by atoms with Gasteiger partial charge in [0.2, 0.25) is 0 Å². The van der Waals surface area contributed by atoms with E-state index in [1.54, 1.807) is 48.5 Å². The summed E-state index contributed by atoms with van der Waals surface area (Å²) in [5.74, 6) is -2.82. The summed E-state index contributed by atoms with van der Waals surface area (Å²) in [6.07, 6.45) is 5.60. The van der Waals surface area contributed by atoms with Crippen molar-refractivity contribution in [3.05, 3.63) is 204 Å². The van der Waals surface area contributed by atoms with Gasteiger partial charge < -0.3 is 47.4 Å². The second-order valence-corrected chi connectivity index (χ2v) is 16.5. The predicted octanol–water partition coefficient (Wildman–Crippen LogP) is 10.1. The molecule has 18 heteroatoms. The standard InChI is InChI=1S/C60H54O18/c1-3-53(61)71-37-7-5-35-69-47-23-11-43(12-24-47)57(65)77-51-31-19-45(20-32-51)59(67)75-49-27-15-41(16-28-49)55(63)73-39-9-10-40-74-56(64)42-17-29-50(30-18-42)76-60(68)46-21-33-52(34-22-46)78-58(66)44-13-25-48(26-14-44)70-36-6-8-38-72-54(62)4-2/h3-4,11-34H,1-2,5-10,35-40H2. The van der Waals surface area contributed by atoms with Crippen molar-refractivity contribution in [1.82, 2.24) is 0 Å². The van der Waals surface area contributed by atoms with E-state index in [4.69, 9.17) is 47.4 Å². The molecule has 18 nitrogen and oxygen atoms in total. The van der Waals surface area contributed by atoms with Gasteiger partial charge in [-0.15, -0.1) is 0 Å². The van der Waals surface area contributed by atoms with E-state index in [9.17, 15) is 38.4 Å². The van der Waals surface area contributed by atoms with Crippen LogP contribution >= 0.6 is 0 Å². The first-order valence-electron chi connectivity index (χ1n) is 24.5. The lowest BCUT2D eigenvalue weighted by Crippen LogP contribution is -2.11. The number of rotatable bonds is 29. The van der Waals surface area contributed by atoms with Crippen LogP contribution in [0.5, 0.6) is 34.5 Å². The molecule has 0 heterocycles. The molecule has 0 saturated heterocycles. The second kappa shape index (κ2) is 30.5. The third kappa shape index (κ3) is 19.1. The van der Waals surface area contributed by atoms with Crippen LogP contribution in [0.15, 0.2) is 171 Å². The largest absolute Gasteiger partial charge is 0.494 e. The SMILES string of the molecule is C=CC(=O)OCCCCOc1ccc(C(=O)Oc2ccc(C(=O)Oc3ccc(C(=O)OCCCCOC(=O)c4ccc(OC(=O)c5ccc(OC(=O)c6ccc(OCCCCOC(=O)C=C)cc6)cc5)cc4)cc3)cc2)cc1. The van der Waals surface area contributed by atoms with Crippen molar-refractivity contribution in [2.45, 2.75) is 38.5 Å². The Labute approximate surface area is 449 Å². The summed E-state index contributed by atoms with van der Waals surface area (Å²) in [4.78, 5) is 98.4. The van der Waals surface area contributed by atoms with E-state index in [0.717, 1.165) is 12.2 Å². The normalized spacial score (nSPS) is 10.4. The molecule has 6 rings (SSSR count). The third-order valence-electron chi connectivity index (χ3n) is 10.8. The van der Waals surface area contributed by atoms with Crippen LogP contribution in [-0.4, -0.2) is 87.4 Å². The zero-order valence-corrected chi connectivity index (χ0v) is 42.3. The van der Waals surface area contributed by atoms with E-state index in [0.29, 0.717) is 63.2 Å². The van der Waals surface area contributed by atoms with E-state index in [1.807, 2.05) is 0 Å². The summed E-state index contributed by atoms with van der Waals surface area (Å²) in [5.41, 5.74) is 1.41. The number of carbonyl (C=O) groups is 8. The Morgan fingerprint density at radius 3 is 0.718 bits per heavy atom. The molecular formula is C60H54O18. The van der Waals surface area contributed by atoms with E-state index < -0.39 is 47.8 Å². The topological polar surface area (TPSA) is 229 Å². The van der Waals surface area contributed by atoms with Gasteiger partial charge in [0.05, 0.1) is 73.0 Å². The molecule has 6 aromatic rings. The maximum Gasteiger partial charge on any atom is 0.343 e. The molecule has 0 atom stereocenters. The minimum Gasteiger partial charge on any atom is -0.494 e. The van der Waals surface area contributed by atoms with Crippen LogP contribution in [-0.2, 0) is 28.5 Å². The Bertz CT molecular complexity index is 2790. The fourth-order valence-corrected chi connectivity index (χ4v) is 6.63. The predicted molar refractivity (Wildman–Crippen MR) is 280 cm³/mol. The molecule has 0 saturated carbocycles. The van der Waals surface area contributed by atoms with Gasteiger partial charge in [0.25, 0.3) is 0 Å². The molecule has 0 radical (unpaired) electrons. The molecule has 6 aromatic carbocycles. The highest BCUT2D eigenvalue weighted by molar-refractivity contribution is 5.95. The molecule has 78 heavy (non-hydrogen) atoms. The van der Waals surface area contributed by atoms with Crippen LogP contribution in [0.1, 0.15) is 101 Å². The Morgan fingerprint density at radius 2 is 0.474 bits per heavy atom. The van der Waals surface area contributed by atoms with E-state index in [1.165, 1.54) is 97.1 Å². The van der Waals surface area contributed by atoms with Crippen molar-refractivity contribution in [2.24, 2.45) is 0 Å². The van der Waals surface area contributed by atoms with Crippen LogP contribution in [0.2, 0.25) is 0 Å². The Balaban J connectivity index is 0.815. The van der Waals surface area contributed by atoms with Gasteiger partial charge >= 0.3 is 47.8 Å². The lowest BCUT2D eigenvalue weighted by Gasteiger charge is -2.09. The van der Waals surface area contributed by atoms with E-state index >= 15 is 0 Å². The van der Waals surface area contributed by atoms with Crippen LogP contribution in [0.25, 0.3) is 0 Å².